The summed E-state index contributed by atoms with van der Waals surface area (Å²) in [7, 11) is 0. The maximum absolute atomic E-state index is 11.8. The van der Waals surface area contributed by atoms with Crippen molar-refractivity contribution in [2.75, 3.05) is 0 Å². The Kier molecular flexibility index (Phi) is 1.89. The molecule has 0 aromatic heterocycles. The van der Waals surface area contributed by atoms with Crippen molar-refractivity contribution in [1.29, 1.82) is 0 Å². The molecule has 0 aromatic rings. The Morgan fingerprint density at radius 1 is 1.55 bits per heavy atom. The second kappa shape index (κ2) is 2.56. The zero-order valence-corrected chi connectivity index (χ0v) is 5.39. The average Bonchev–Trinajstić information content (AvgIpc) is 1.86. The first-order chi connectivity index (χ1) is 5.00. The van der Waals surface area contributed by atoms with Crippen molar-refractivity contribution in [2.45, 2.75) is 18.7 Å². The van der Waals surface area contributed by atoms with Gasteiger partial charge in [0.15, 0.2) is 11.9 Å². The second-order valence-electron chi connectivity index (χ2n) is 2.14. The van der Waals surface area contributed by atoms with Crippen molar-refractivity contribution >= 4 is 5.78 Å². The molecule has 1 heterocycles. The van der Waals surface area contributed by atoms with Crippen molar-refractivity contribution in [3.8, 4) is 0 Å². The van der Waals surface area contributed by atoms with E-state index in [1.807, 2.05) is 0 Å². The van der Waals surface area contributed by atoms with E-state index in [-0.39, 0.29) is 0 Å². The molecule has 0 radical (unpaired) electrons. The van der Waals surface area contributed by atoms with E-state index >= 15 is 0 Å². The van der Waals surface area contributed by atoms with Crippen molar-refractivity contribution in [2.24, 2.45) is 0 Å². The van der Waals surface area contributed by atoms with E-state index in [0.29, 0.717) is 0 Å². The lowest BCUT2D eigenvalue weighted by molar-refractivity contribution is -0.209. The Morgan fingerprint density at radius 2 is 2.18 bits per heavy atom. The Morgan fingerprint density at radius 3 is 2.55 bits per heavy atom. The number of hydrogen-bond acceptors (Lipinski definition) is 2. The number of ether oxygens (including phenoxy) is 1. The minimum Gasteiger partial charge on any atom is -0.488 e. The highest BCUT2D eigenvalue weighted by atomic mass is 19.4. The minimum absolute atomic E-state index is 0.557. The smallest absolute Gasteiger partial charge is 0.425 e. The lowest BCUT2D eigenvalue weighted by Crippen LogP contribution is -2.34. The summed E-state index contributed by atoms with van der Waals surface area (Å²) < 4.78 is 39.6. The summed E-state index contributed by atoms with van der Waals surface area (Å²) in [6, 6.07) is 0. The van der Waals surface area contributed by atoms with E-state index in [1.165, 1.54) is 0 Å². The van der Waals surface area contributed by atoms with Gasteiger partial charge >= 0.3 is 6.18 Å². The van der Waals surface area contributed by atoms with E-state index < -0.39 is 24.5 Å². The predicted molar refractivity (Wildman–Crippen MR) is 29.7 cm³/mol. The number of ketones is 1. The zero-order valence-electron chi connectivity index (χ0n) is 5.39. The van der Waals surface area contributed by atoms with E-state index in [1.54, 1.807) is 0 Å². The number of rotatable bonds is 0. The third-order valence-electron chi connectivity index (χ3n) is 1.25. The van der Waals surface area contributed by atoms with Crippen LogP contribution in [0.25, 0.3) is 0 Å². The van der Waals surface area contributed by atoms with E-state index in [9.17, 15) is 18.0 Å². The molecule has 0 unspecified atom stereocenters. The monoisotopic (exact) mass is 166 g/mol. The summed E-state index contributed by atoms with van der Waals surface area (Å²) in [5, 5.41) is 0. The summed E-state index contributed by atoms with van der Waals surface area (Å²) >= 11 is 0. The second-order valence-corrected chi connectivity index (χ2v) is 2.14. The Bertz CT molecular complexity index is 194. The molecule has 0 bridgehead atoms. The van der Waals surface area contributed by atoms with Crippen LogP contribution in [0.15, 0.2) is 12.3 Å². The normalized spacial score (nSPS) is 25.0. The molecular formula is C6H5F3O2. The fourth-order valence-corrected chi connectivity index (χ4v) is 0.702. The molecule has 1 aliphatic heterocycles. The molecule has 0 saturated heterocycles. The van der Waals surface area contributed by atoms with Crippen LogP contribution in [-0.4, -0.2) is 18.1 Å². The molecule has 0 fully saturated rings. The highest BCUT2D eigenvalue weighted by molar-refractivity contribution is 5.90. The van der Waals surface area contributed by atoms with Crippen LogP contribution < -0.4 is 0 Å². The average molecular weight is 166 g/mol. The van der Waals surface area contributed by atoms with E-state index in [4.69, 9.17) is 0 Å². The highest BCUT2D eigenvalue weighted by Gasteiger charge is 2.43. The standard InChI is InChI=1S/C6H5F3O2/c7-6(8,9)5-3-4(10)1-2-11-5/h1-2,5H,3H2/t5-/m1/s1. The van der Waals surface area contributed by atoms with Crippen LogP contribution in [0.5, 0.6) is 0 Å². The van der Waals surface area contributed by atoms with Crippen LogP contribution >= 0.6 is 0 Å². The molecule has 0 aromatic carbocycles. The van der Waals surface area contributed by atoms with Gasteiger partial charge in [0.2, 0.25) is 0 Å². The molecule has 1 aliphatic rings. The van der Waals surface area contributed by atoms with E-state index in [0.717, 1.165) is 12.3 Å². The van der Waals surface area contributed by atoms with Crippen LogP contribution in [0.1, 0.15) is 6.42 Å². The van der Waals surface area contributed by atoms with Gasteiger partial charge in [-0.1, -0.05) is 0 Å². The molecule has 0 spiro atoms. The SMILES string of the molecule is O=C1C=CO[C@@H](C(F)(F)F)C1. The van der Waals surface area contributed by atoms with Gasteiger partial charge in [0.25, 0.3) is 0 Å². The van der Waals surface area contributed by atoms with Gasteiger partial charge in [-0.2, -0.15) is 13.2 Å². The molecule has 62 valence electrons. The third-order valence-corrected chi connectivity index (χ3v) is 1.25. The molecule has 5 heteroatoms. The van der Waals surface area contributed by atoms with Crippen molar-refractivity contribution < 1.29 is 22.7 Å². The molecule has 1 rings (SSSR count). The van der Waals surface area contributed by atoms with Crippen LogP contribution in [-0.2, 0) is 9.53 Å². The van der Waals surface area contributed by atoms with Crippen molar-refractivity contribution in [3.05, 3.63) is 12.3 Å². The largest absolute Gasteiger partial charge is 0.488 e. The molecule has 2 nitrogen and oxygen atoms in total. The molecular weight excluding hydrogens is 161 g/mol. The predicted octanol–water partition coefficient (Wildman–Crippen LogP) is 1.42. The summed E-state index contributed by atoms with van der Waals surface area (Å²) in [6.07, 6.45) is -5.24. The Labute approximate surface area is 60.6 Å². The summed E-state index contributed by atoms with van der Waals surface area (Å²) in [4.78, 5) is 10.5. The van der Waals surface area contributed by atoms with Gasteiger partial charge in [-0.25, -0.2) is 0 Å². The van der Waals surface area contributed by atoms with Crippen molar-refractivity contribution in [1.82, 2.24) is 0 Å². The van der Waals surface area contributed by atoms with E-state index in [2.05, 4.69) is 4.74 Å². The zero-order chi connectivity index (χ0) is 8.48. The van der Waals surface area contributed by atoms with Gasteiger partial charge in [-0.05, 0) is 0 Å². The number of alkyl halides is 3. The topological polar surface area (TPSA) is 26.3 Å². The third kappa shape index (κ3) is 1.96. The molecule has 0 saturated carbocycles. The first kappa shape index (κ1) is 8.10. The van der Waals surface area contributed by atoms with Gasteiger partial charge in [-0.15, -0.1) is 0 Å². The van der Waals surface area contributed by atoms with Gasteiger partial charge in [0.05, 0.1) is 12.7 Å². The van der Waals surface area contributed by atoms with Gasteiger partial charge in [0, 0.05) is 6.08 Å². The maximum Gasteiger partial charge on any atom is 0.425 e. The summed E-state index contributed by atoms with van der Waals surface area (Å²) in [6.45, 7) is 0. The van der Waals surface area contributed by atoms with Gasteiger partial charge in [0.1, 0.15) is 0 Å². The first-order valence-electron chi connectivity index (χ1n) is 2.91. The number of carbonyl (C=O) groups is 1. The first-order valence-corrected chi connectivity index (χ1v) is 2.91. The number of hydrogen-bond donors (Lipinski definition) is 0. The van der Waals surface area contributed by atoms with Crippen molar-refractivity contribution in [3.63, 3.8) is 0 Å². The molecule has 0 N–H and O–H groups in total. The maximum atomic E-state index is 11.8. The fraction of sp³-hybridized carbons (Fsp3) is 0.500. The molecule has 0 aliphatic carbocycles. The molecule has 0 amide bonds. The summed E-state index contributed by atoms with van der Waals surface area (Å²) in [5.41, 5.74) is 0. The van der Waals surface area contributed by atoms with Crippen LogP contribution in [0.4, 0.5) is 13.2 Å². The molecule has 1 atom stereocenters. The summed E-state index contributed by atoms with van der Waals surface area (Å²) in [5.74, 6) is -0.557. The number of carbonyl (C=O) groups excluding carboxylic acids is 1. The van der Waals surface area contributed by atoms with Crippen LogP contribution in [0.3, 0.4) is 0 Å². The quantitative estimate of drug-likeness (QED) is 0.544. The Hall–Kier alpha value is -1.00. The Balaban J connectivity index is 2.64. The van der Waals surface area contributed by atoms with Crippen LogP contribution in [0.2, 0.25) is 0 Å². The lowest BCUT2D eigenvalue weighted by atomic mass is 10.1. The highest BCUT2D eigenvalue weighted by Crippen LogP contribution is 2.27. The fourth-order valence-electron chi connectivity index (χ4n) is 0.702. The van der Waals surface area contributed by atoms with Gasteiger partial charge < -0.3 is 4.74 Å². The van der Waals surface area contributed by atoms with Gasteiger partial charge in [-0.3, -0.25) is 4.79 Å². The lowest BCUT2D eigenvalue weighted by Gasteiger charge is -2.20. The van der Waals surface area contributed by atoms with Crippen LogP contribution in [0, 0.1) is 0 Å². The number of allylic oxidation sites excluding steroid dienone is 1. The number of halogens is 3. The minimum atomic E-state index is -4.44. The molecule has 11 heavy (non-hydrogen) atoms.